The van der Waals surface area contributed by atoms with Crippen LogP contribution in [0, 0.1) is 11.8 Å². The van der Waals surface area contributed by atoms with E-state index in [1.165, 1.54) is 34.8 Å². The third kappa shape index (κ3) is 25.6. The Balaban J connectivity index is 0.00000106. The summed E-state index contributed by atoms with van der Waals surface area (Å²) in [6.45, 7) is 7.33. The summed E-state index contributed by atoms with van der Waals surface area (Å²) in [7, 11) is 3.07. The number of nitrogens with one attached hydrogen (secondary N) is 2. The normalized spacial score (nSPS) is 26.3. The van der Waals surface area contributed by atoms with Crippen LogP contribution in [-0.4, -0.2) is 194 Å². The number of hydrogen-bond acceptors (Lipinski definition) is 20. The molecule has 2 fully saturated rings. The molecule has 0 bridgehead atoms. The van der Waals surface area contributed by atoms with Crippen molar-refractivity contribution in [1.29, 1.82) is 0 Å². The largest absolute Gasteiger partial charge is 0.481 e. The van der Waals surface area contributed by atoms with Crippen LogP contribution in [0.5, 0.6) is 0 Å². The quantitative estimate of drug-likeness (QED) is 0.0332. The van der Waals surface area contributed by atoms with Crippen LogP contribution in [0.1, 0.15) is 79.6 Å². The Bertz CT molecular complexity index is 1330. The van der Waals surface area contributed by atoms with Crippen LogP contribution in [0.25, 0.3) is 0 Å². The number of carbonyl (C=O) groups is 6. The fraction of sp³-hybridized carbons (Fsp3) is 0.850. The molecule has 2 rings (SSSR count). The predicted molar refractivity (Wildman–Crippen MR) is 219 cm³/mol. The molecule has 12 atom stereocenters. The molecule has 4 unspecified atom stereocenters. The van der Waals surface area contributed by atoms with Gasteiger partial charge in [0, 0.05) is 92.8 Å². The minimum Gasteiger partial charge on any atom is -0.481 e. The standard InChI is InChI=1S/C18H29NO9.C18H33NO9.C4H11NO2/c1-10-16(19-11(2)20)18(25-8-6-5-7-15(23)24)28-14(9-26-12(3)21)17(10)27-13(4)22;1-11(22)19-15-17(25)16(24)14(9-21)28-18(15)27-6-4-3-5-13(23)7-12(8-20)10-26-2;1-7-3-4(5)2-6/h10,14,16-18H,5-9H2,1-4H3,(H,19,20)(H,23,24);12,14-18,20-21,24-25H,3-10H2,1-2H3,(H,19,22);4,6H,2-3,5H2,1H3/t10-,14?,16?,17-,18-;12-,14?,15?,16-,17+,18+;4-/m100/s1. The number of ketones is 1. The molecule has 2 amide bonds. The second-order valence-corrected chi connectivity index (χ2v) is 15.1. The van der Waals surface area contributed by atoms with E-state index in [0.717, 1.165) is 0 Å². The van der Waals surface area contributed by atoms with Gasteiger partial charge in [-0.25, -0.2) is 0 Å². The summed E-state index contributed by atoms with van der Waals surface area (Å²) in [6, 6.07) is -1.80. The molecule has 0 spiro atoms. The first kappa shape index (κ1) is 59.5. The summed E-state index contributed by atoms with van der Waals surface area (Å²) < 4.78 is 42.5. The van der Waals surface area contributed by atoms with E-state index in [1.807, 2.05) is 0 Å². The van der Waals surface area contributed by atoms with Crippen LogP contribution in [0.4, 0.5) is 0 Å². The van der Waals surface area contributed by atoms with Gasteiger partial charge in [-0.05, 0) is 25.7 Å². The highest BCUT2D eigenvalue weighted by molar-refractivity contribution is 5.78. The number of aliphatic carboxylic acids is 1. The maximum atomic E-state index is 11.9. The number of nitrogens with two attached hydrogens (primary N) is 1. The van der Waals surface area contributed by atoms with Gasteiger partial charge in [0.25, 0.3) is 0 Å². The summed E-state index contributed by atoms with van der Waals surface area (Å²) in [5.41, 5.74) is 5.21. The van der Waals surface area contributed by atoms with Crippen molar-refractivity contribution in [3.8, 4) is 0 Å². The monoisotopic (exact) mass is 915 g/mol. The summed E-state index contributed by atoms with van der Waals surface area (Å²) in [6.07, 6.45) is -4.48. The van der Waals surface area contributed by atoms with Crippen LogP contribution in [0.2, 0.25) is 0 Å². The fourth-order valence-corrected chi connectivity index (χ4v) is 6.33. The molecule has 23 nitrogen and oxygen atoms in total. The van der Waals surface area contributed by atoms with E-state index in [9.17, 15) is 49.2 Å². The van der Waals surface area contributed by atoms with E-state index in [2.05, 4.69) is 15.4 Å². The Hall–Kier alpha value is -3.46. The van der Waals surface area contributed by atoms with Crippen molar-refractivity contribution in [1.82, 2.24) is 10.6 Å². The molecular weight excluding hydrogens is 842 g/mol. The van der Waals surface area contributed by atoms with E-state index in [0.29, 0.717) is 45.3 Å². The predicted octanol–water partition coefficient (Wildman–Crippen LogP) is -2.10. The zero-order valence-corrected chi connectivity index (χ0v) is 37.5. The Morgan fingerprint density at radius 3 is 1.71 bits per heavy atom. The zero-order chi connectivity index (χ0) is 48.1. The maximum Gasteiger partial charge on any atom is 0.303 e. The number of amides is 2. The minimum atomic E-state index is -1.36. The number of carboxylic acids is 1. The number of methoxy groups -OCH3 is 2. The molecule has 0 radical (unpaired) electrons. The Morgan fingerprint density at radius 2 is 1.25 bits per heavy atom. The number of rotatable bonds is 26. The number of carbonyl (C=O) groups excluding carboxylic acids is 5. The first-order chi connectivity index (χ1) is 29.8. The van der Waals surface area contributed by atoms with Crippen LogP contribution < -0.4 is 16.4 Å². The average Bonchev–Trinajstić information content (AvgIpc) is 3.21. The molecule has 2 aliphatic rings. The number of unbranched alkanes of at least 4 members (excludes halogenated alkanes) is 2. The number of carboxylic acid groups (broad SMARTS) is 1. The number of ether oxygens (including phenoxy) is 8. The Kier molecular flexibility index (Phi) is 32.1. The van der Waals surface area contributed by atoms with Gasteiger partial charge in [0.05, 0.1) is 38.5 Å². The third-order valence-electron chi connectivity index (χ3n) is 9.42. The second-order valence-electron chi connectivity index (χ2n) is 15.1. The van der Waals surface area contributed by atoms with E-state index in [4.69, 9.17) is 49.1 Å². The highest BCUT2D eigenvalue weighted by atomic mass is 16.7. The number of Topliss-reactive ketones (excluding diaryl/α,β-unsaturated/α-hetero) is 1. The van der Waals surface area contributed by atoms with Crippen molar-refractivity contribution in [2.24, 2.45) is 17.6 Å². The molecular formula is C40H73N3O20. The van der Waals surface area contributed by atoms with Crippen LogP contribution >= 0.6 is 0 Å². The van der Waals surface area contributed by atoms with E-state index in [1.54, 1.807) is 14.0 Å². The van der Waals surface area contributed by atoms with E-state index >= 15 is 0 Å². The van der Waals surface area contributed by atoms with E-state index < -0.39 is 85.6 Å². The molecule has 0 aromatic carbocycles. The second kappa shape index (κ2) is 34.0. The first-order valence-electron chi connectivity index (χ1n) is 20.8. The van der Waals surface area contributed by atoms with Gasteiger partial charge in [0.15, 0.2) is 12.6 Å². The number of aliphatic hydroxyl groups is 5. The number of aliphatic hydroxyl groups excluding tert-OH is 5. The lowest BCUT2D eigenvalue weighted by Gasteiger charge is -2.44. The highest BCUT2D eigenvalue weighted by Crippen LogP contribution is 2.30. The van der Waals surface area contributed by atoms with Crippen LogP contribution in [-0.2, 0) is 66.7 Å². The zero-order valence-electron chi connectivity index (χ0n) is 37.5. The molecule has 368 valence electrons. The molecule has 2 heterocycles. The Morgan fingerprint density at radius 1 is 0.714 bits per heavy atom. The molecule has 0 aliphatic carbocycles. The van der Waals surface area contributed by atoms with Crippen molar-refractivity contribution < 1.29 is 97.3 Å². The SMILES string of the molecule is CC(=O)NC1[C@H](OCCCCC(=O)O)OC(COC(C)=O)[C@H](OC(C)=O)[C@@H]1C.COC[C@@H](N)CO.COC[C@H](CO)CC(=O)CCCCO[C@@H]1OC(CO)[C@H](O)[C@H](O)C1NC(C)=O. The molecule has 2 aliphatic heterocycles. The fourth-order valence-electron chi connectivity index (χ4n) is 6.33. The lowest BCUT2D eigenvalue weighted by molar-refractivity contribution is -0.270. The average molecular weight is 916 g/mol. The smallest absolute Gasteiger partial charge is 0.303 e. The van der Waals surface area contributed by atoms with Crippen molar-refractivity contribution >= 4 is 35.5 Å². The van der Waals surface area contributed by atoms with Crippen LogP contribution in [0.3, 0.4) is 0 Å². The minimum absolute atomic E-state index is 0.00611. The lowest BCUT2D eigenvalue weighted by atomic mass is 9.88. The lowest BCUT2D eigenvalue weighted by Crippen LogP contribution is -2.64. The maximum absolute atomic E-state index is 11.9. The molecule has 0 aromatic heterocycles. The third-order valence-corrected chi connectivity index (χ3v) is 9.42. The van der Waals surface area contributed by atoms with Gasteiger partial charge in [-0.1, -0.05) is 6.92 Å². The summed E-state index contributed by atoms with van der Waals surface area (Å²) >= 11 is 0. The van der Waals surface area contributed by atoms with E-state index in [-0.39, 0.29) is 75.4 Å². The molecule has 23 heteroatoms. The first-order valence-corrected chi connectivity index (χ1v) is 20.8. The van der Waals surface area contributed by atoms with Crippen molar-refractivity contribution in [2.45, 2.75) is 141 Å². The van der Waals surface area contributed by atoms with Gasteiger partial charge < -0.3 is 84.9 Å². The summed E-state index contributed by atoms with van der Waals surface area (Å²) in [4.78, 5) is 68.1. The van der Waals surface area contributed by atoms with Crippen LogP contribution in [0.15, 0.2) is 0 Å². The number of hydrogen-bond donors (Lipinski definition) is 9. The molecule has 2 saturated heterocycles. The van der Waals surface area contributed by atoms with Crippen molar-refractivity contribution in [3.63, 3.8) is 0 Å². The van der Waals surface area contributed by atoms with Crippen molar-refractivity contribution in [2.75, 3.05) is 67.1 Å². The van der Waals surface area contributed by atoms with Gasteiger partial charge in [-0.3, -0.25) is 28.8 Å². The van der Waals surface area contributed by atoms with Gasteiger partial charge in [0.2, 0.25) is 11.8 Å². The summed E-state index contributed by atoms with van der Waals surface area (Å²) in [5.74, 6) is -3.20. The molecule has 10 N–H and O–H groups in total. The highest BCUT2D eigenvalue weighted by Gasteiger charge is 2.47. The van der Waals surface area contributed by atoms with Gasteiger partial charge in [-0.2, -0.15) is 0 Å². The molecule has 63 heavy (non-hydrogen) atoms. The topological polar surface area (TPSA) is 348 Å². The number of esters is 2. The van der Waals surface area contributed by atoms with Gasteiger partial charge in [0.1, 0.15) is 49.0 Å². The Labute approximate surface area is 368 Å². The molecule has 0 saturated carbocycles. The summed E-state index contributed by atoms with van der Waals surface area (Å²) in [5, 5.41) is 60.7. The molecule has 0 aromatic rings. The van der Waals surface area contributed by atoms with Crippen molar-refractivity contribution in [3.05, 3.63) is 0 Å². The van der Waals surface area contributed by atoms with Gasteiger partial charge in [-0.15, -0.1) is 0 Å². The van der Waals surface area contributed by atoms with Gasteiger partial charge >= 0.3 is 17.9 Å².